The highest BCUT2D eigenvalue weighted by Crippen LogP contribution is 2.21. The van der Waals surface area contributed by atoms with Crippen molar-refractivity contribution in [3.63, 3.8) is 0 Å². The van der Waals surface area contributed by atoms with Crippen LogP contribution in [0.3, 0.4) is 0 Å². The summed E-state index contributed by atoms with van der Waals surface area (Å²) in [6.07, 6.45) is 1.22. The number of nitrogens with one attached hydrogen (secondary N) is 1. The Labute approximate surface area is 214 Å². The van der Waals surface area contributed by atoms with E-state index in [1.165, 1.54) is 0 Å². The molecule has 0 aliphatic heterocycles. The molecular weight excluding hydrogens is 456 g/mol. The zero-order chi connectivity index (χ0) is 25.4. The zero-order valence-corrected chi connectivity index (χ0v) is 21.8. The molecule has 0 fully saturated rings. The summed E-state index contributed by atoms with van der Waals surface area (Å²) < 4.78 is 0. The molecule has 0 aliphatic rings. The van der Waals surface area contributed by atoms with Crippen LogP contribution in [0.2, 0.25) is 5.02 Å². The van der Waals surface area contributed by atoms with Gasteiger partial charge in [-0.15, -0.1) is 0 Å². The summed E-state index contributed by atoms with van der Waals surface area (Å²) in [5, 5.41) is 3.75. The van der Waals surface area contributed by atoms with E-state index in [0.717, 1.165) is 22.3 Å². The summed E-state index contributed by atoms with van der Waals surface area (Å²) in [5.41, 5.74) is 3.64. The number of aryl methyl sites for hydroxylation is 2. The van der Waals surface area contributed by atoms with Crippen molar-refractivity contribution < 1.29 is 9.59 Å². The molecule has 0 saturated heterocycles. The van der Waals surface area contributed by atoms with Crippen LogP contribution < -0.4 is 5.32 Å². The van der Waals surface area contributed by atoms with Gasteiger partial charge in [0.1, 0.15) is 6.04 Å². The maximum atomic E-state index is 13.7. The Hall–Kier alpha value is -3.11. The van der Waals surface area contributed by atoms with Gasteiger partial charge in [0.2, 0.25) is 11.8 Å². The molecule has 1 N–H and O–H groups in total. The van der Waals surface area contributed by atoms with Gasteiger partial charge in [0.25, 0.3) is 0 Å². The van der Waals surface area contributed by atoms with Crippen molar-refractivity contribution in [3.8, 4) is 0 Å². The first-order chi connectivity index (χ1) is 16.6. The molecule has 0 aromatic heterocycles. The summed E-state index contributed by atoms with van der Waals surface area (Å²) in [6.45, 7) is 8.26. The Balaban J connectivity index is 1.95. The predicted molar refractivity (Wildman–Crippen MR) is 143 cm³/mol. The normalized spacial score (nSPS) is 12.1. The Morgan fingerprint density at radius 2 is 1.49 bits per heavy atom. The fourth-order valence-electron chi connectivity index (χ4n) is 4.06. The van der Waals surface area contributed by atoms with Gasteiger partial charge in [0.05, 0.1) is 0 Å². The standard InChI is InChI=1S/C30H35ClN2O2/c1-22-12-8-9-16-25(22)21-33(28(34)19-18-24-15-10-11-17-26(24)31)27(29(35)32-30(2,3)4)20-23-13-6-5-7-14-23/h5-17,27H,18-21H2,1-4H3,(H,32,35). The number of rotatable bonds is 9. The summed E-state index contributed by atoms with van der Waals surface area (Å²) in [7, 11) is 0. The van der Waals surface area contributed by atoms with E-state index < -0.39 is 11.6 Å². The summed E-state index contributed by atoms with van der Waals surface area (Å²) in [4.78, 5) is 29.1. The van der Waals surface area contributed by atoms with Crippen LogP contribution in [0.4, 0.5) is 0 Å². The van der Waals surface area contributed by atoms with Crippen molar-refractivity contribution in [3.05, 3.63) is 106 Å². The SMILES string of the molecule is Cc1ccccc1CN(C(=O)CCc1ccccc1Cl)C(Cc1ccccc1)C(=O)NC(C)(C)C. The number of nitrogens with zero attached hydrogens (tertiary/aromatic N) is 1. The first-order valence-electron chi connectivity index (χ1n) is 12.1. The molecule has 3 aromatic rings. The third-order valence-electron chi connectivity index (χ3n) is 5.94. The fraction of sp³-hybridized carbons (Fsp3) is 0.333. The van der Waals surface area contributed by atoms with Crippen LogP contribution in [0, 0.1) is 6.92 Å². The van der Waals surface area contributed by atoms with Crippen molar-refractivity contribution in [1.82, 2.24) is 10.2 Å². The molecule has 0 saturated carbocycles. The molecule has 0 radical (unpaired) electrons. The fourth-order valence-corrected chi connectivity index (χ4v) is 4.29. The van der Waals surface area contributed by atoms with Crippen molar-refractivity contribution in [1.29, 1.82) is 0 Å². The lowest BCUT2D eigenvalue weighted by Gasteiger charge is -2.34. The Bertz CT molecular complexity index is 1140. The quantitative estimate of drug-likeness (QED) is 0.392. The molecule has 0 spiro atoms. The molecule has 1 atom stereocenters. The van der Waals surface area contributed by atoms with Gasteiger partial charge in [0, 0.05) is 29.9 Å². The predicted octanol–water partition coefficient (Wildman–Crippen LogP) is 6.14. The van der Waals surface area contributed by atoms with Crippen LogP contribution in [0.15, 0.2) is 78.9 Å². The lowest BCUT2D eigenvalue weighted by Crippen LogP contribution is -2.54. The van der Waals surface area contributed by atoms with E-state index in [-0.39, 0.29) is 18.2 Å². The second kappa shape index (κ2) is 12.0. The van der Waals surface area contributed by atoms with Gasteiger partial charge in [-0.25, -0.2) is 0 Å². The van der Waals surface area contributed by atoms with Gasteiger partial charge < -0.3 is 10.2 Å². The second-order valence-corrected chi connectivity index (χ2v) is 10.4. The molecule has 5 heteroatoms. The Morgan fingerprint density at radius 1 is 0.886 bits per heavy atom. The van der Waals surface area contributed by atoms with E-state index in [2.05, 4.69) is 5.32 Å². The van der Waals surface area contributed by atoms with Gasteiger partial charge in [-0.2, -0.15) is 0 Å². The molecule has 3 aromatic carbocycles. The number of amides is 2. The minimum absolute atomic E-state index is 0.0711. The molecule has 1 unspecified atom stereocenters. The van der Waals surface area contributed by atoms with Gasteiger partial charge in [-0.1, -0.05) is 84.4 Å². The molecule has 3 rings (SSSR count). The molecule has 0 aliphatic carbocycles. The van der Waals surface area contributed by atoms with Gasteiger partial charge >= 0.3 is 0 Å². The van der Waals surface area contributed by atoms with E-state index >= 15 is 0 Å². The van der Waals surface area contributed by atoms with Crippen LogP contribution in [-0.2, 0) is 29.0 Å². The number of halogens is 1. The zero-order valence-electron chi connectivity index (χ0n) is 21.1. The van der Waals surface area contributed by atoms with E-state index in [1.54, 1.807) is 4.90 Å². The first-order valence-corrected chi connectivity index (χ1v) is 12.4. The smallest absolute Gasteiger partial charge is 0.243 e. The number of hydrogen-bond donors (Lipinski definition) is 1. The van der Waals surface area contributed by atoms with Crippen molar-refractivity contribution >= 4 is 23.4 Å². The number of carbonyl (C=O) groups excluding carboxylic acids is 2. The molecule has 2 amide bonds. The summed E-state index contributed by atoms with van der Waals surface area (Å²) in [6, 6.07) is 24.8. The summed E-state index contributed by atoms with van der Waals surface area (Å²) in [5.74, 6) is -0.223. The third-order valence-corrected chi connectivity index (χ3v) is 6.31. The van der Waals surface area contributed by atoms with E-state index in [0.29, 0.717) is 24.4 Å². The molecule has 4 nitrogen and oxygen atoms in total. The van der Waals surface area contributed by atoms with Crippen molar-refractivity contribution in [2.75, 3.05) is 0 Å². The lowest BCUT2D eigenvalue weighted by molar-refractivity contribution is -0.141. The van der Waals surface area contributed by atoms with Crippen LogP contribution in [0.25, 0.3) is 0 Å². The Morgan fingerprint density at radius 3 is 2.11 bits per heavy atom. The highest BCUT2D eigenvalue weighted by atomic mass is 35.5. The molecule has 184 valence electrons. The van der Waals surface area contributed by atoms with Crippen LogP contribution in [-0.4, -0.2) is 28.3 Å². The maximum Gasteiger partial charge on any atom is 0.243 e. The number of benzene rings is 3. The van der Waals surface area contributed by atoms with Gasteiger partial charge in [0.15, 0.2) is 0 Å². The molecule has 0 bridgehead atoms. The average molecular weight is 491 g/mol. The van der Waals surface area contributed by atoms with Gasteiger partial charge in [-0.3, -0.25) is 9.59 Å². The highest BCUT2D eigenvalue weighted by Gasteiger charge is 2.32. The van der Waals surface area contributed by atoms with E-state index in [1.807, 2.05) is 107 Å². The highest BCUT2D eigenvalue weighted by molar-refractivity contribution is 6.31. The number of carbonyl (C=O) groups is 2. The van der Waals surface area contributed by atoms with Crippen LogP contribution in [0.1, 0.15) is 49.4 Å². The molecular formula is C30H35ClN2O2. The minimum atomic E-state index is -0.644. The maximum absolute atomic E-state index is 13.7. The lowest BCUT2D eigenvalue weighted by atomic mass is 9.99. The van der Waals surface area contributed by atoms with Crippen LogP contribution >= 0.6 is 11.6 Å². The van der Waals surface area contributed by atoms with E-state index in [9.17, 15) is 9.59 Å². The van der Waals surface area contributed by atoms with Gasteiger partial charge in [-0.05, 0) is 62.4 Å². The van der Waals surface area contributed by atoms with E-state index in [4.69, 9.17) is 11.6 Å². The largest absolute Gasteiger partial charge is 0.350 e. The van der Waals surface area contributed by atoms with Crippen molar-refractivity contribution in [2.24, 2.45) is 0 Å². The minimum Gasteiger partial charge on any atom is -0.350 e. The van der Waals surface area contributed by atoms with Crippen molar-refractivity contribution in [2.45, 2.75) is 65.1 Å². The second-order valence-electron chi connectivity index (χ2n) is 9.98. The average Bonchev–Trinajstić information content (AvgIpc) is 2.81. The number of hydrogen-bond acceptors (Lipinski definition) is 2. The van der Waals surface area contributed by atoms with Crippen LogP contribution in [0.5, 0.6) is 0 Å². The topological polar surface area (TPSA) is 49.4 Å². The third kappa shape index (κ3) is 7.97. The molecule has 35 heavy (non-hydrogen) atoms. The Kier molecular flexibility index (Phi) is 9.11. The monoisotopic (exact) mass is 490 g/mol. The molecule has 0 heterocycles. The first kappa shape index (κ1) is 26.5. The summed E-state index contributed by atoms with van der Waals surface area (Å²) >= 11 is 6.34.